The molecule has 2 aromatic carbocycles. The first kappa shape index (κ1) is 23.5. The standard InChI is InChI=1S/C23H33O5P/c1-13(2)16-11-17(14(3)4)21(18(12-16)15(5)6)22-19(27-7)9-10-20(28-8)23(22)29(24,25)26/h9-15H,1-8H3,(H2,24,25,26). The molecule has 0 radical (unpaired) electrons. The van der Waals surface area contributed by atoms with Crippen molar-refractivity contribution in [2.45, 2.75) is 59.3 Å². The Labute approximate surface area is 174 Å². The topological polar surface area (TPSA) is 76.0 Å². The van der Waals surface area contributed by atoms with Crippen LogP contribution in [0.1, 0.15) is 76.0 Å². The summed E-state index contributed by atoms with van der Waals surface area (Å²) in [5, 5.41) is -0.125. The number of ether oxygens (including phenoxy) is 2. The van der Waals surface area contributed by atoms with Crippen LogP contribution in [0.15, 0.2) is 24.3 Å². The van der Waals surface area contributed by atoms with Gasteiger partial charge >= 0.3 is 7.60 Å². The maximum absolute atomic E-state index is 12.6. The molecule has 0 aliphatic rings. The molecule has 0 amide bonds. The fourth-order valence-electron chi connectivity index (χ4n) is 3.66. The number of hydrogen-bond acceptors (Lipinski definition) is 3. The lowest BCUT2D eigenvalue weighted by Crippen LogP contribution is -2.16. The third-order valence-electron chi connectivity index (χ3n) is 5.22. The second-order valence-corrected chi connectivity index (χ2v) is 9.81. The number of methoxy groups -OCH3 is 2. The molecule has 160 valence electrons. The van der Waals surface area contributed by atoms with Crippen molar-refractivity contribution in [2.75, 3.05) is 14.2 Å². The second-order valence-electron chi connectivity index (χ2n) is 8.28. The Bertz CT molecular complexity index is 896. The van der Waals surface area contributed by atoms with Crippen molar-refractivity contribution in [3.8, 4) is 22.6 Å². The third kappa shape index (κ3) is 4.69. The largest absolute Gasteiger partial charge is 0.496 e. The Morgan fingerprint density at radius 1 is 0.759 bits per heavy atom. The van der Waals surface area contributed by atoms with Crippen LogP contribution in [0, 0.1) is 0 Å². The monoisotopic (exact) mass is 420 g/mol. The Hall–Kier alpha value is -1.81. The van der Waals surface area contributed by atoms with Gasteiger partial charge in [-0.25, -0.2) is 0 Å². The summed E-state index contributed by atoms with van der Waals surface area (Å²) in [6, 6.07) is 7.55. The van der Waals surface area contributed by atoms with Crippen LogP contribution in [0.4, 0.5) is 0 Å². The molecule has 0 spiro atoms. The van der Waals surface area contributed by atoms with E-state index in [0.29, 0.717) is 17.2 Å². The van der Waals surface area contributed by atoms with Crippen LogP contribution < -0.4 is 14.8 Å². The Morgan fingerprint density at radius 2 is 1.21 bits per heavy atom. The molecule has 0 bridgehead atoms. The van der Waals surface area contributed by atoms with E-state index in [1.807, 2.05) is 0 Å². The van der Waals surface area contributed by atoms with Crippen molar-refractivity contribution < 1.29 is 23.8 Å². The first-order chi connectivity index (χ1) is 13.4. The van der Waals surface area contributed by atoms with Crippen molar-refractivity contribution in [2.24, 2.45) is 0 Å². The van der Waals surface area contributed by atoms with Crippen molar-refractivity contribution >= 4 is 12.9 Å². The molecule has 2 aromatic rings. The van der Waals surface area contributed by atoms with Crippen LogP contribution in [-0.2, 0) is 4.57 Å². The Kier molecular flexibility index (Phi) is 7.21. The van der Waals surface area contributed by atoms with E-state index in [9.17, 15) is 14.4 Å². The van der Waals surface area contributed by atoms with Gasteiger partial charge in [-0.2, -0.15) is 0 Å². The zero-order valence-corrected chi connectivity index (χ0v) is 19.5. The summed E-state index contributed by atoms with van der Waals surface area (Å²) < 4.78 is 23.5. The van der Waals surface area contributed by atoms with Crippen LogP contribution >= 0.6 is 7.60 Å². The van der Waals surface area contributed by atoms with E-state index in [4.69, 9.17) is 9.47 Å². The summed E-state index contributed by atoms with van der Waals surface area (Å²) in [7, 11) is -1.72. The molecule has 0 aliphatic heterocycles. The molecule has 2 N–H and O–H groups in total. The summed E-state index contributed by atoms with van der Waals surface area (Å²) in [5.41, 5.74) is 4.54. The van der Waals surface area contributed by atoms with Gasteiger partial charge in [0.05, 0.1) is 14.2 Å². The van der Waals surface area contributed by atoms with Gasteiger partial charge in [-0.15, -0.1) is 0 Å². The molecule has 0 heterocycles. The summed E-state index contributed by atoms with van der Waals surface area (Å²) >= 11 is 0. The van der Waals surface area contributed by atoms with E-state index in [1.54, 1.807) is 12.1 Å². The third-order valence-corrected chi connectivity index (χ3v) is 6.24. The van der Waals surface area contributed by atoms with Gasteiger partial charge in [0.15, 0.2) is 0 Å². The molecule has 0 atom stereocenters. The minimum atomic E-state index is -4.65. The molecule has 29 heavy (non-hydrogen) atoms. The molecule has 0 fully saturated rings. The zero-order chi connectivity index (χ0) is 22.1. The van der Waals surface area contributed by atoms with Gasteiger partial charge in [0.2, 0.25) is 0 Å². The number of benzene rings is 2. The van der Waals surface area contributed by atoms with Crippen LogP contribution in [-0.4, -0.2) is 24.0 Å². The van der Waals surface area contributed by atoms with E-state index in [1.165, 1.54) is 19.8 Å². The lowest BCUT2D eigenvalue weighted by molar-refractivity contribution is 0.379. The van der Waals surface area contributed by atoms with E-state index < -0.39 is 7.60 Å². The quantitative estimate of drug-likeness (QED) is 0.575. The van der Waals surface area contributed by atoms with Crippen LogP contribution in [0.5, 0.6) is 11.5 Å². The molecule has 0 aliphatic carbocycles. The zero-order valence-electron chi connectivity index (χ0n) is 18.6. The van der Waals surface area contributed by atoms with E-state index >= 15 is 0 Å². The summed E-state index contributed by atoms with van der Waals surface area (Å²) in [5.74, 6) is 1.23. The first-order valence-corrected chi connectivity index (χ1v) is 11.5. The smallest absolute Gasteiger partial charge is 0.360 e. The average molecular weight is 420 g/mol. The molecule has 2 rings (SSSR count). The lowest BCUT2D eigenvalue weighted by atomic mass is 9.81. The summed E-state index contributed by atoms with van der Waals surface area (Å²) in [4.78, 5) is 20.5. The fourth-order valence-corrected chi connectivity index (χ4v) is 4.63. The lowest BCUT2D eigenvalue weighted by Gasteiger charge is -2.26. The predicted octanol–water partition coefficient (Wildman–Crippen LogP) is 5.54. The maximum atomic E-state index is 12.6. The Morgan fingerprint density at radius 3 is 1.55 bits per heavy atom. The highest BCUT2D eigenvalue weighted by atomic mass is 31.2. The van der Waals surface area contributed by atoms with Gasteiger partial charge in [-0.05, 0) is 52.1 Å². The van der Waals surface area contributed by atoms with E-state index in [0.717, 1.165) is 16.7 Å². The van der Waals surface area contributed by atoms with Gasteiger partial charge in [0.25, 0.3) is 0 Å². The highest BCUT2D eigenvalue weighted by Crippen LogP contribution is 2.49. The predicted molar refractivity (Wildman–Crippen MR) is 119 cm³/mol. The first-order valence-electron chi connectivity index (χ1n) is 9.93. The molecular weight excluding hydrogens is 387 g/mol. The molecule has 0 saturated heterocycles. The maximum Gasteiger partial charge on any atom is 0.360 e. The molecule has 0 unspecified atom stereocenters. The normalized spacial score (nSPS) is 12.2. The van der Waals surface area contributed by atoms with Gasteiger partial charge in [-0.1, -0.05) is 53.7 Å². The van der Waals surface area contributed by atoms with Crippen molar-refractivity contribution in [1.29, 1.82) is 0 Å². The highest BCUT2D eigenvalue weighted by Gasteiger charge is 2.33. The number of hydrogen-bond donors (Lipinski definition) is 2. The van der Waals surface area contributed by atoms with Crippen LogP contribution in [0.25, 0.3) is 11.1 Å². The van der Waals surface area contributed by atoms with Gasteiger partial charge in [-0.3, -0.25) is 4.57 Å². The molecule has 0 aromatic heterocycles. The summed E-state index contributed by atoms with van der Waals surface area (Å²) in [6.45, 7) is 12.7. The number of rotatable bonds is 7. The van der Waals surface area contributed by atoms with Gasteiger partial charge in [0.1, 0.15) is 16.8 Å². The highest BCUT2D eigenvalue weighted by molar-refractivity contribution is 7.60. The van der Waals surface area contributed by atoms with E-state index in [2.05, 4.69) is 53.7 Å². The fraction of sp³-hybridized carbons (Fsp3) is 0.478. The van der Waals surface area contributed by atoms with Crippen molar-refractivity contribution in [3.63, 3.8) is 0 Å². The second kappa shape index (κ2) is 8.91. The molecule has 0 saturated carbocycles. The molecule has 5 nitrogen and oxygen atoms in total. The SMILES string of the molecule is COc1ccc(OC)c(P(=O)(O)O)c1-c1c(C(C)C)cc(C(C)C)cc1C(C)C. The minimum Gasteiger partial charge on any atom is -0.496 e. The minimum absolute atomic E-state index is 0.125. The Balaban J connectivity index is 3.14. The molecule has 6 heteroatoms. The van der Waals surface area contributed by atoms with E-state index in [-0.39, 0.29) is 22.9 Å². The van der Waals surface area contributed by atoms with Gasteiger partial charge in [0, 0.05) is 5.56 Å². The van der Waals surface area contributed by atoms with Crippen molar-refractivity contribution in [1.82, 2.24) is 0 Å². The summed E-state index contributed by atoms with van der Waals surface area (Å²) in [6.07, 6.45) is 0. The van der Waals surface area contributed by atoms with Gasteiger partial charge < -0.3 is 19.3 Å². The molecular formula is C23H33O5P. The van der Waals surface area contributed by atoms with Crippen LogP contribution in [0.3, 0.4) is 0 Å². The average Bonchev–Trinajstić information content (AvgIpc) is 2.64. The van der Waals surface area contributed by atoms with Crippen LogP contribution in [0.2, 0.25) is 0 Å². The van der Waals surface area contributed by atoms with Crippen molar-refractivity contribution in [3.05, 3.63) is 41.0 Å².